The molecule has 0 atom stereocenters. The molecule has 0 amide bonds. The highest BCUT2D eigenvalue weighted by Crippen LogP contribution is 2.18. The van der Waals surface area contributed by atoms with Gasteiger partial charge in [-0.05, 0) is 42.3 Å². The van der Waals surface area contributed by atoms with E-state index in [0.717, 1.165) is 22.6 Å². The highest BCUT2D eigenvalue weighted by Gasteiger charge is 2.00. The Morgan fingerprint density at radius 1 is 1.11 bits per heavy atom. The number of hydrogen-bond acceptors (Lipinski definition) is 2. The van der Waals surface area contributed by atoms with Crippen LogP contribution < -0.4 is 10.1 Å². The van der Waals surface area contributed by atoms with Crippen LogP contribution >= 0.6 is 0 Å². The quantitative estimate of drug-likeness (QED) is 0.885. The highest BCUT2D eigenvalue weighted by molar-refractivity contribution is 5.51. The smallest absolute Gasteiger partial charge is 0.125 e. The Morgan fingerprint density at radius 2 is 1.83 bits per heavy atom. The van der Waals surface area contributed by atoms with Gasteiger partial charge in [0.15, 0.2) is 0 Å². The molecule has 0 aliphatic rings. The first-order valence-electron chi connectivity index (χ1n) is 5.82. The van der Waals surface area contributed by atoms with Crippen LogP contribution in [0.3, 0.4) is 0 Å². The highest BCUT2D eigenvalue weighted by atomic mass is 19.1. The normalized spacial score (nSPS) is 10.2. The fourth-order valence-corrected chi connectivity index (χ4v) is 1.73. The van der Waals surface area contributed by atoms with E-state index in [2.05, 4.69) is 5.32 Å². The van der Waals surface area contributed by atoms with E-state index in [0.29, 0.717) is 6.54 Å². The number of benzene rings is 2. The van der Waals surface area contributed by atoms with Crippen molar-refractivity contribution in [3.8, 4) is 5.75 Å². The molecule has 3 heteroatoms. The van der Waals surface area contributed by atoms with Crippen LogP contribution in [0, 0.1) is 12.7 Å². The van der Waals surface area contributed by atoms with E-state index in [1.165, 1.54) is 12.1 Å². The minimum absolute atomic E-state index is 0.224. The average molecular weight is 245 g/mol. The molecule has 2 nitrogen and oxygen atoms in total. The second kappa shape index (κ2) is 5.54. The maximum Gasteiger partial charge on any atom is 0.125 e. The van der Waals surface area contributed by atoms with Gasteiger partial charge in [-0.2, -0.15) is 0 Å². The summed E-state index contributed by atoms with van der Waals surface area (Å²) in [4.78, 5) is 0. The predicted octanol–water partition coefficient (Wildman–Crippen LogP) is 3.75. The van der Waals surface area contributed by atoms with Gasteiger partial charge in [-0.1, -0.05) is 18.2 Å². The molecule has 0 saturated carbocycles. The molecule has 2 aromatic carbocycles. The van der Waals surface area contributed by atoms with E-state index >= 15 is 0 Å². The van der Waals surface area contributed by atoms with Crippen LogP contribution in [0.2, 0.25) is 0 Å². The Hall–Kier alpha value is -2.03. The molecule has 0 heterocycles. The summed E-state index contributed by atoms with van der Waals surface area (Å²) in [6, 6.07) is 12.5. The van der Waals surface area contributed by atoms with Crippen molar-refractivity contribution >= 4 is 5.69 Å². The zero-order valence-electron chi connectivity index (χ0n) is 10.5. The molecule has 0 bridgehead atoms. The molecular formula is C15H16FNO. The van der Waals surface area contributed by atoms with Crippen LogP contribution in [-0.4, -0.2) is 7.11 Å². The van der Waals surface area contributed by atoms with Crippen LogP contribution in [-0.2, 0) is 6.54 Å². The van der Waals surface area contributed by atoms with E-state index in [4.69, 9.17) is 4.74 Å². The third kappa shape index (κ3) is 3.00. The van der Waals surface area contributed by atoms with E-state index in [1.807, 2.05) is 31.2 Å². The van der Waals surface area contributed by atoms with Crippen LogP contribution in [0.25, 0.3) is 0 Å². The summed E-state index contributed by atoms with van der Waals surface area (Å²) < 4.78 is 18.2. The van der Waals surface area contributed by atoms with Crippen molar-refractivity contribution in [2.45, 2.75) is 13.5 Å². The lowest BCUT2D eigenvalue weighted by Gasteiger charge is -2.10. The van der Waals surface area contributed by atoms with Crippen LogP contribution in [0.5, 0.6) is 5.75 Å². The summed E-state index contributed by atoms with van der Waals surface area (Å²) in [6.07, 6.45) is 0. The minimum Gasteiger partial charge on any atom is -0.497 e. The van der Waals surface area contributed by atoms with Gasteiger partial charge >= 0.3 is 0 Å². The van der Waals surface area contributed by atoms with Crippen molar-refractivity contribution in [3.63, 3.8) is 0 Å². The number of aryl methyl sites for hydroxylation is 1. The Labute approximate surface area is 106 Å². The van der Waals surface area contributed by atoms with Gasteiger partial charge in [0.2, 0.25) is 0 Å². The van der Waals surface area contributed by atoms with E-state index < -0.39 is 0 Å². The molecule has 0 spiro atoms. The van der Waals surface area contributed by atoms with Crippen molar-refractivity contribution in [2.24, 2.45) is 0 Å². The predicted molar refractivity (Wildman–Crippen MR) is 71.5 cm³/mol. The molecule has 0 fully saturated rings. The molecule has 94 valence electrons. The fourth-order valence-electron chi connectivity index (χ4n) is 1.73. The second-order valence-electron chi connectivity index (χ2n) is 4.16. The summed E-state index contributed by atoms with van der Waals surface area (Å²) >= 11 is 0. The maximum absolute atomic E-state index is 13.1. The molecule has 0 radical (unpaired) electrons. The second-order valence-corrected chi connectivity index (χ2v) is 4.16. The third-order valence-electron chi connectivity index (χ3n) is 2.84. The molecule has 0 saturated heterocycles. The van der Waals surface area contributed by atoms with E-state index in [1.54, 1.807) is 13.2 Å². The van der Waals surface area contributed by atoms with Gasteiger partial charge in [-0.3, -0.25) is 0 Å². The number of ether oxygens (including phenoxy) is 1. The van der Waals surface area contributed by atoms with Crippen molar-refractivity contribution < 1.29 is 9.13 Å². The average Bonchev–Trinajstić information content (AvgIpc) is 2.40. The molecule has 2 rings (SSSR count). The maximum atomic E-state index is 13.1. The Morgan fingerprint density at radius 3 is 2.50 bits per heavy atom. The van der Waals surface area contributed by atoms with Crippen LogP contribution in [0.1, 0.15) is 11.1 Å². The van der Waals surface area contributed by atoms with Gasteiger partial charge in [-0.15, -0.1) is 0 Å². The topological polar surface area (TPSA) is 21.3 Å². The number of rotatable bonds is 4. The molecule has 1 N–H and O–H groups in total. The first kappa shape index (κ1) is 12.4. The monoisotopic (exact) mass is 245 g/mol. The Bertz CT molecular complexity index is 523. The van der Waals surface area contributed by atoms with Gasteiger partial charge in [0.25, 0.3) is 0 Å². The largest absolute Gasteiger partial charge is 0.497 e. The standard InChI is InChI=1S/C15H16FNO/c1-11-3-6-13(16)9-15(11)17-10-12-4-7-14(18-2)8-5-12/h3-9,17H,10H2,1-2H3. The third-order valence-corrected chi connectivity index (χ3v) is 2.84. The van der Waals surface area contributed by atoms with Gasteiger partial charge in [0, 0.05) is 12.2 Å². The van der Waals surface area contributed by atoms with Gasteiger partial charge in [-0.25, -0.2) is 4.39 Å². The van der Waals surface area contributed by atoms with Crippen LogP contribution in [0.4, 0.5) is 10.1 Å². The summed E-state index contributed by atoms with van der Waals surface area (Å²) in [5.41, 5.74) is 2.98. The molecule has 18 heavy (non-hydrogen) atoms. The molecule has 2 aromatic rings. The number of nitrogens with one attached hydrogen (secondary N) is 1. The number of methoxy groups -OCH3 is 1. The summed E-state index contributed by atoms with van der Waals surface area (Å²) in [5.74, 6) is 0.610. The first-order chi connectivity index (χ1) is 8.69. The Kier molecular flexibility index (Phi) is 3.82. The Balaban J connectivity index is 2.04. The lowest BCUT2D eigenvalue weighted by molar-refractivity contribution is 0.414. The van der Waals surface area contributed by atoms with Gasteiger partial charge in [0.1, 0.15) is 11.6 Å². The van der Waals surface area contributed by atoms with Crippen molar-refractivity contribution in [3.05, 3.63) is 59.4 Å². The zero-order valence-corrected chi connectivity index (χ0v) is 10.5. The fraction of sp³-hybridized carbons (Fsp3) is 0.200. The summed E-state index contributed by atoms with van der Waals surface area (Å²) in [6.45, 7) is 2.62. The van der Waals surface area contributed by atoms with Gasteiger partial charge in [0.05, 0.1) is 7.11 Å². The lowest BCUT2D eigenvalue weighted by atomic mass is 10.1. The molecule has 0 aliphatic heterocycles. The number of hydrogen-bond donors (Lipinski definition) is 1. The first-order valence-corrected chi connectivity index (χ1v) is 5.82. The zero-order chi connectivity index (χ0) is 13.0. The summed E-state index contributed by atoms with van der Waals surface area (Å²) in [7, 11) is 1.64. The summed E-state index contributed by atoms with van der Waals surface area (Å²) in [5, 5.41) is 3.23. The molecule has 0 unspecified atom stereocenters. The van der Waals surface area contributed by atoms with Crippen molar-refractivity contribution in [1.82, 2.24) is 0 Å². The van der Waals surface area contributed by atoms with E-state index in [-0.39, 0.29) is 5.82 Å². The van der Waals surface area contributed by atoms with E-state index in [9.17, 15) is 4.39 Å². The SMILES string of the molecule is COc1ccc(CNc2cc(F)ccc2C)cc1. The number of anilines is 1. The van der Waals surface area contributed by atoms with Crippen molar-refractivity contribution in [2.75, 3.05) is 12.4 Å². The lowest BCUT2D eigenvalue weighted by Crippen LogP contribution is -2.01. The van der Waals surface area contributed by atoms with Crippen molar-refractivity contribution in [1.29, 1.82) is 0 Å². The van der Waals surface area contributed by atoms with Gasteiger partial charge < -0.3 is 10.1 Å². The number of halogens is 1. The van der Waals surface area contributed by atoms with Crippen LogP contribution in [0.15, 0.2) is 42.5 Å². The molecule has 0 aliphatic carbocycles. The molecular weight excluding hydrogens is 229 g/mol. The molecule has 0 aromatic heterocycles. The minimum atomic E-state index is -0.224.